The molecule has 3 rings (SSSR count). The maximum absolute atomic E-state index is 11.1. The maximum atomic E-state index is 11.1. The molecule has 1 aliphatic heterocycles. The third-order valence-electron chi connectivity index (χ3n) is 4.85. The van der Waals surface area contributed by atoms with Crippen LogP contribution in [-0.4, -0.2) is 44.6 Å². The standard InChI is InChI=1S/C21H27NO3/c1-2-25-19-10-8-18(9-11-19)21(23)20(17-6-4-3-5-7-17)16-22-12-14-24-15-13-22/h3-11,20-21,23H,2,12-16H2,1H3/p+1. The number of hydrogen-bond donors (Lipinski definition) is 2. The van der Waals surface area contributed by atoms with E-state index < -0.39 is 6.10 Å². The lowest BCUT2D eigenvalue weighted by Crippen LogP contribution is -3.14. The van der Waals surface area contributed by atoms with E-state index in [-0.39, 0.29) is 5.92 Å². The zero-order valence-corrected chi connectivity index (χ0v) is 14.9. The molecule has 25 heavy (non-hydrogen) atoms. The monoisotopic (exact) mass is 342 g/mol. The van der Waals surface area contributed by atoms with Gasteiger partial charge in [0, 0.05) is 0 Å². The molecule has 1 aliphatic rings. The normalized spacial score (nSPS) is 17.8. The Hall–Kier alpha value is -1.88. The Balaban J connectivity index is 1.79. The molecule has 4 nitrogen and oxygen atoms in total. The first-order valence-electron chi connectivity index (χ1n) is 9.15. The molecule has 1 fully saturated rings. The topological polar surface area (TPSA) is 43.1 Å². The number of hydrogen-bond acceptors (Lipinski definition) is 3. The van der Waals surface area contributed by atoms with Crippen molar-refractivity contribution in [2.75, 3.05) is 39.5 Å². The Labute approximate surface area is 150 Å². The van der Waals surface area contributed by atoms with Crippen molar-refractivity contribution in [2.24, 2.45) is 0 Å². The third kappa shape index (κ3) is 4.82. The van der Waals surface area contributed by atoms with Crippen molar-refractivity contribution in [1.82, 2.24) is 0 Å². The van der Waals surface area contributed by atoms with Gasteiger partial charge in [-0.2, -0.15) is 0 Å². The number of morpholine rings is 1. The molecule has 0 saturated carbocycles. The van der Waals surface area contributed by atoms with Gasteiger partial charge < -0.3 is 19.5 Å². The fraction of sp³-hybridized carbons (Fsp3) is 0.429. The van der Waals surface area contributed by atoms with Crippen molar-refractivity contribution in [3.63, 3.8) is 0 Å². The van der Waals surface area contributed by atoms with Gasteiger partial charge in [-0.15, -0.1) is 0 Å². The summed E-state index contributed by atoms with van der Waals surface area (Å²) in [6, 6.07) is 18.2. The predicted octanol–water partition coefficient (Wildman–Crippen LogP) is 1.82. The first-order valence-corrected chi connectivity index (χ1v) is 9.15. The van der Waals surface area contributed by atoms with Gasteiger partial charge in [0.05, 0.1) is 38.4 Å². The lowest BCUT2D eigenvalue weighted by molar-refractivity contribution is -0.909. The number of rotatable bonds is 7. The summed E-state index contributed by atoms with van der Waals surface area (Å²) in [7, 11) is 0. The Morgan fingerprint density at radius 3 is 2.32 bits per heavy atom. The predicted molar refractivity (Wildman–Crippen MR) is 98.1 cm³/mol. The molecule has 2 atom stereocenters. The van der Waals surface area contributed by atoms with E-state index in [9.17, 15) is 5.11 Å². The molecular formula is C21H28NO3+. The van der Waals surface area contributed by atoms with Gasteiger partial charge in [-0.25, -0.2) is 0 Å². The van der Waals surface area contributed by atoms with Gasteiger partial charge in [-0.3, -0.25) is 0 Å². The van der Waals surface area contributed by atoms with Crippen LogP contribution in [0.1, 0.15) is 30.1 Å². The van der Waals surface area contributed by atoms with E-state index in [1.54, 1.807) is 0 Å². The molecule has 0 aromatic heterocycles. The van der Waals surface area contributed by atoms with Gasteiger partial charge in [0.25, 0.3) is 0 Å². The van der Waals surface area contributed by atoms with Crippen LogP contribution in [0.4, 0.5) is 0 Å². The highest BCUT2D eigenvalue weighted by atomic mass is 16.5. The number of aliphatic hydroxyl groups excluding tert-OH is 1. The molecule has 4 heteroatoms. The lowest BCUT2D eigenvalue weighted by atomic mass is 9.88. The highest BCUT2D eigenvalue weighted by molar-refractivity contribution is 5.31. The van der Waals surface area contributed by atoms with Crippen molar-refractivity contribution in [2.45, 2.75) is 18.9 Å². The van der Waals surface area contributed by atoms with Crippen LogP contribution in [0, 0.1) is 0 Å². The van der Waals surface area contributed by atoms with Crippen LogP contribution in [0.3, 0.4) is 0 Å². The molecule has 2 aromatic rings. The summed E-state index contributed by atoms with van der Waals surface area (Å²) in [6.45, 7) is 7.13. The lowest BCUT2D eigenvalue weighted by Gasteiger charge is -2.30. The van der Waals surface area contributed by atoms with Gasteiger partial charge in [-0.05, 0) is 30.2 Å². The van der Waals surface area contributed by atoms with E-state index >= 15 is 0 Å². The minimum atomic E-state index is -0.534. The summed E-state index contributed by atoms with van der Waals surface area (Å²) in [4.78, 5) is 1.49. The summed E-state index contributed by atoms with van der Waals surface area (Å²) in [5, 5.41) is 11.1. The van der Waals surface area contributed by atoms with Gasteiger partial charge in [0.1, 0.15) is 18.8 Å². The van der Waals surface area contributed by atoms with Crippen LogP contribution in [0.15, 0.2) is 54.6 Å². The van der Waals surface area contributed by atoms with Crippen molar-refractivity contribution < 1.29 is 19.5 Å². The fourth-order valence-corrected chi connectivity index (χ4v) is 3.45. The highest BCUT2D eigenvalue weighted by Crippen LogP contribution is 2.31. The van der Waals surface area contributed by atoms with E-state index in [0.717, 1.165) is 44.2 Å². The molecule has 0 radical (unpaired) electrons. The van der Waals surface area contributed by atoms with Crippen LogP contribution in [0.25, 0.3) is 0 Å². The fourth-order valence-electron chi connectivity index (χ4n) is 3.45. The van der Waals surface area contributed by atoms with Crippen LogP contribution >= 0.6 is 0 Å². The summed E-state index contributed by atoms with van der Waals surface area (Å²) in [5.41, 5.74) is 2.12. The SMILES string of the molecule is CCOc1ccc(C(O)C(C[NH+]2CCOCC2)c2ccccc2)cc1. The molecule has 0 aliphatic carbocycles. The first kappa shape index (κ1) is 17.9. The van der Waals surface area contributed by atoms with Crippen LogP contribution < -0.4 is 9.64 Å². The van der Waals surface area contributed by atoms with Crippen LogP contribution in [0.5, 0.6) is 5.75 Å². The van der Waals surface area contributed by atoms with E-state index in [1.165, 1.54) is 10.5 Å². The van der Waals surface area contributed by atoms with Gasteiger partial charge >= 0.3 is 0 Å². The smallest absolute Gasteiger partial charge is 0.119 e. The highest BCUT2D eigenvalue weighted by Gasteiger charge is 2.28. The van der Waals surface area contributed by atoms with E-state index in [2.05, 4.69) is 12.1 Å². The number of benzene rings is 2. The molecule has 2 N–H and O–H groups in total. The molecule has 1 heterocycles. The molecule has 2 aromatic carbocycles. The molecule has 0 amide bonds. The minimum absolute atomic E-state index is 0.0623. The van der Waals surface area contributed by atoms with Crippen molar-refractivity contribution in [3.05, 3.63) is 65.7 Å². The minimum Gasteiger partial charge on any atom is -0.494 e. The second-order valence-corrected chi connectivity index (χ2v) is 6.53. The summed E-state index contributed by atoms with van der Waals surface area (Å²) < 4.78 is 11.0. The largest absolute Gasteiger partial charge is 0.494 e. The van der Waals surface area contributed by atoms with E-state index in [4.69, 9.17) is 9.47 Å². The number of nitrogens with one attached hydrogen (secondary N) is 1. The molecular weight excluding hydrogens is 314 g/mol. The average Bonchev–Trinajstić information content (AvgIpc) is 2.68. The Bertz CT molecular complexity index is 623. The molecule has 0 bridgehead atoms. The Kier molecular flexibility index (Phi) is 6.45. The van der Waals surface area contributed by atoms with E-state index in [0.29, 0.717) is 6.61 Å². The number of aliphatic hydroxyl groups is 1. The van der Waals surface area contributed by atoms with Crippen molar-refractivity contribution >= 4 is 0 Å². The second kappa shape index (κ2) is 8.99. The number of ether oxygens (including phenoxy) is 2. The van der Waals surface area contributed by atoms with Crippen LogP contribution in [-0.2, 0) is 4.74 Å². The van der Waals surface area contributed by atoms with Gasteiger partial charge in [0.15, 0.2) is 0 Å². The Morgan fingerprint density at radius 1 is 1.00 bits per heavy atom. The zero-order valence-electron chi connectivity index (χ0n) is 14.9. The van der Waals surface area contributed by atoms with Crippen molar-refractivity contribution in [3.8, 4) is 5.75 Å². The van der Waals surface area contributed by atoms with Crippen molar-refractivity contribution in [1.29, 1.82) is 0 Å². The van der Waals surface area contributed by atoms with E-state index in [1.807, 2.05) is 49.4 Å². The number of quaternary nitrogens is 1. The quantitative estimate of drug-likeness (QED) is 0.807. The summed E-state index contributed by atoms with van der Waals surface area (Å²) >= 11 is 0. The van der Waals surface area contributed by atoms with Gasteiger partial charge in [0.2, 0.25) is 0 Å². The maximum Gasteiger partial charge on any atom is 0.119 e. The molecule has 2 unspecified atom stereocenters. The van der Waals surface area contributed by atoms with Gasteiger partial charge in [-0.1, -0.05) is 42.5 Å². The summed E-state index contributed by atoms with van der Waals surface area (Å²) in [6.07, 6.45) is -0.534. The Morgan fingerprint density at radius 2 is 1.68 bits per heavy atom. The zero-order chi connectivity index (χ0) is 17.5. The van der Waals surface area contributed by atoms with Crippen LogP contribution in [0.2, 0.25) is 0 Å². The molecule has 1 saturated heterocycles. The summed E-state index contributed by atoms with van der Waals surface area (Å²) in [5.74, 6) is 0.903. The second-order valence-electron chi connectivity index (χ2n) is 6.53. The first-order chi connectivity index (χ1) is 12.3. The third-order valence-corrected chi connectivity index (χ3v) is 4.85. The molecule has 0 spiro atoms. The molecule has 134 valence electrons. The average molecular weight is 342 g/mol.